The summed E-state index contributed by atoms with van der Waals surface area (Å²) in [5, 5.41) is 0. The van der Waals surface area contributed by atoms with E-state index in [0.717, 1.165) is 5.56 Å². The number of pyridine rings is 1. The molecule has 0 fully saturated rings. The normalized spacial score (nSPS) is 10.1. The van der Waals surface area contributed by atoms with E-state index in [1.165, 1.54) is 7.11 Å². The fourth-order valence-corrected chi connectivity index (χ4v) is 1.77. The maximum absolute atomic E-state index is 11.7. The molecule has 0 aliphatic rings. The van der Waals surface area contributed by atoms with Gasteiger partial charge in [-0.25, -0.2) is 4.79 Å². The van der Waals surface area contributed by atoms with Gasteiger partial charge in [-0.15, -0.1) is 0 Å². The van der Waals surface area contributed by atoms with E-state index in [2.05, 4.69) is 4.98 Å². The molecule has 0 radical (unpaired) electrons. The monoisotopic (exact) mass is 272 g/mol. The zero-order valence-electron chi connectivity index (χ0n) is 11.2. The Balaban J connectivity index is 2.04. The molecule has 0 saturated carbocycles. The largest absolute Gasteiger partial charge is 0.492 e. The summed E-state index contributed by atoms with van der Waals surface area (Å²) in [6, 6.07) is 8.75. The molecule has 0 saturated heterocycles. The Morgan fingerprint density at radius 1 is 1.35 bits per heavy atom. The summed E-state index contributed by atoms with van der Waals surface area (Å²) in [5.74, 6) is 0.00335. The Hall–Kier alpha value is -2.56. The molecule has 104 valence electrons. The van der Waals surface area contributed by atoms with Crippen molar-refractivity contribution in [1.29, 1.82) is 0 Å². The minimum atomic E-state index is -0.464. The molecule has 2 rings (SSSR count). The third-order valence-electron chi connectivity index (χ3n) is 2.78. The second-order valence-corrected chi connectivity index (χ2v) is 4.21. The molecular formula is C15H16N2O3. The van der Waals surface area contributed by atoms with Crippen LogP contribution >= 0.6 is 0 Å². The van der Waals surface area contributed by atoms with Crippen molar-refractivity contribution < 1.29 is 14.3 Å². The van der Waals surface area contributed by atoms with Gasteiger partial charge in [0.15, 0.2) is 0 Å². The highest BCUT2D eigenvalue weighted by Crippen LogP contribution is 2.22. The van der Waals surface area contributed by atoms with Gasteiger partial charge in [0.25, 0.3) is 0 Å². The number of anilines is 1. The maximum Gasteiger partial charge on any atom is 0.341 e. The van der Waals surface area contributed by atoms with Crippen molar-refractivity contribution in [3.8, 4) is 5.75 Å². The Bertz CT molecular complexity index is 585. The Kier molecular flexibility index (Phi) is 4.55. The lowest BCUT2D eigenvalue weighted by Gasteiger charge is -2.10. The van der Waals surface area contributed by atoms with E-state index in [1.54, 1.807) is 30.6 Å². The van der Waals surface area contributed by atoms with Gasteiger partial charge >= 0.3 is 5.97 Å². The van der Waals surface area contributed by atoms with Crippen molar-refractivity contribution >= 4 is 11.7 Å². The number of aromatic nitrogens is 1. The Morgan fingerprint density at radius 2 is 2.20 bits per heavy atom. The number of nitrogen functional groups attached to an aromatic ring is 1. The lowest BCUT2D eigenvalue weighted by Crippen LogP contribution is -2.08. The molecule has 20 heavy (non-hydrogen) atoms. The van der Waals surface area contributed by atoms with Gasteiger partial charge in [-0.05, 0) is 29.8 Å². The van der Waals surface area contributed by atoms with Gasteiger partial charge in [-0.3, -0.25) is 4.98 Å². The summed E-state index contributed by atoms with van der Waals surface area (Å²) in [7, 11) is 1.32. The summed E-state index contributed by atoms with van der Waals surface area (Å²) in [6.07, 6.45) is 4.21. The first-order valence-electron chi connectivity index (χ1n) is 6.20. The molecule has 1 heterocycles. The van der Waals surface area contributed by atoms with Crippen LogP contribution in [0.4, 0.5) is 5.69 Å². The third kappa shape index (κ3) is 3.47. The average Bonchev–Trinajstić information content (AvgIpc) is 2.49. The van der Waals surface area contributed by atoms with Crippen LogP contribution in [0, 0.1) is 0 Å². The van der Waals surface area contributed by atoms with Crippen molar-refractivity contribution in [3.63, 3.8) is 0 Å². The quantitative estimate of drug-likeness (QED) is 0.666. The van der Waals surface area contributed by atoms with Gasteiger partial charge in [0.05, 0.1) is 13.7 Å². The molecule has 0 bridgehead atoms. The molecule has 5 heteroatoms. The fraction of sp³-hybridized carbons (Fsp3) is 0.200. The van der Waals surface area contributed by atoms with Crippen LogP contribution in [0.25, 0.3) is 0 Å². The first-order valence-corrected chi connectivity index (χ1v) is 6.20. The number of hydrogen-bond donors (Lipinski definition) is 1. The second kappa shape index (κ2) is 6.56. The fourth-order valence-electron chi connectivity index (χ4n) is 1.77. The molecule has 0 atom stereocenters. The number of nitrogens with two attached hydrogens (primary N) is 1. The van der Waals surface area contributed by atoms with Crippen LogP contribution in [0.5, 0.6) is 5.75 Å². The zero-order chi connectivity index (χ0) is 14.4. The van der Waals surface area contributed by atoms with Crippen LogP contribution in [0.1, 0.15) is 15.9 Å². The minimum absolute atomic E-state index is 0.332. The number of carbonyl (C=O) groups is 1. The van der Waals surface area contributed by atoms with E-state index >= 15 is 0 Å². The van der Waals surface area contributed by atoms with E-state index < -0.39 is 5.97 Å². The molecule has 0 aliphatic carbocycles. The molecule has 0 spiro atoms. The molecular weight excluding hydrogens is 256 g/mol. The van der Waals surface area contributed by atoms with E-state index in [1.807, 2.05) is 12.1 Å². The number of benzene rings is 1. The van der Waals surface area contributed by atoms with Gasteiger partial charge in [0.1, 0.15) is 11.3 Å². The van der Waals surface area contributed by atoms with E-state index in [9.17, 15) is 4.79 Å². The minimum Gasteiger partial charge on any atom is -0.492 e. The summed E-state index contributed by atoms with van der Waals surface area (Å²) < 4.78 is 10.3. The van der Waals surface area contributed by atoms with Crippen molar-refractivity contribution in [2.24, 2.45) is 0 Å². The van der Waals surface area contributed by atoms with Crippen LogP contribution < -0.4 is 10.5 Å². The van der Waals surface area contributed by atoms with Gasteiger partial charge in [-0.2, -0.15) is 0 Å². The second-order valence-electron chi connectivity index (χ2n) is 4.21. The summed E-state index contributed by atoms with van der Waals surface area (Å²) >= 11 is 0. The first kappa shape index (κ1) is 13.9. The number of ether oxygens (including phenoxy) is 2. The summed E-state index contributed by atoms with van der Waals surface area (Å²) in [5.41, 5.74) is 7.56. The maximum atomic E-state index is 11.7. The van der Waals surface area contributed by atoms with Crippen molar-refractivity contribution in [2.45, 2.75) is 6.42 Å². The van der Waals surface area contributed by atoms with Crippen LogP contribution in [-0.4, -0.2) is 24.7 Å². The van der Waals surface area contributed by atoms with Crippen LogP contribution in [0.15, 0.2) is 42.7 Å². The standard InChI is InChI=1S/C15H16N2O3/c1-19-15(18)13-9-12(16)4-5-14(13)20-8-6-11-3-2-7-17-10-11/h2-5,7,9-10H,6,8,16H2,1H3. The predicted octanol–water partition coefficient (Wildman–Crippen LogP) is 2.07. The molecule has 2 aromatic rings. The predicted molar refractivity (Wildman–Crippen MR) is 75.6 cm³/mol. The van der Waals surface area contributed by atoms with Gasteiger partial charge in [0, 0.05) is 24.5 Å². The number of hydrogen-bond acceptors (Lipinski definition) is 5. The van der Waals surface area contributed by atoms with Crippen molar-refractivity contribution in [1.82, 2.24) is 4.98 Å². The number of nitrogens with zero attached hydrogens (tertiary/aromatic N) is 1. The van der Waals surface area contributed by atoms with Gasteiger partial charge in [-0.1, -0.05) is 6.07 Å². The highest BCUT2D eigenvalue weighted by atomic mass is 16.5. The van der Waals surface area contributed by atoms with Crippen LogP contribution in [0.3, 0.4) is 0 Å². The zero-order valence-corrected chi connectivity index (χ0v) is 11.2. The summed E-state index contributed by atoms with van der Waals surface area (Å²) in [4.78, 5) is 15.7. The number of rotatable bonds is 5. The van der Waals surface area contributed by atoms with Gasteiger partial charge < -0.3 is 15.2 Å². The topological polar surface area (TPSA) is 74.4 Å². The highest BCUT2D eigenvalue weighted by Gasteiger charge is 2.13. The highest BCUT2D eigenvalue weighted by molar-refractivity contribution is 5.93. The smallest absolute Gasteiger partial charge is 0.341 e. The number of methoxy groups -OCH3 is 1. The van der Waals surface area contributed by atoms with Crippen LogP contribution in [-0.2, 0) is 11.2 Å². The van der Waals surface area contributed by atoms with E-state index in [4.69, 9.17) is 15.2 Å². The molecule has 1 aromatic heterocycles. The molecule has 0 aliphatic heterocycles. The average molecular weight is 272 g/mol. The lowest BCUT2D eigenvalue weighted by molar-refractivity contribution is 0.0596. The SMILES string of the molecule is COC(=O)c1cc(N)ccc1OCCc1cccnc1. The lowest BCUT2D eigenvalue weighted by atomic mass is 10.1. The molecule has 2 N–H and O–H groups in total. The Labute approximate surface area is 117 Å². The first-order chi connectivity index (χ1) is 9.70. The van der Waals surface area contributed by atoms with Gasteiger partial charge in [0.2, 0.25) is 0 Å². The molecule has 1 aromatic carbocycles. The van der Waals surface area contributed by atoms with Crippen molar-refractivity contribution in [3.05, 3.63) is 53.9 Å². The number of carbonyl (C=O) groups excluding carboxylic acids is 1. The van der Waals surface area contributed by atoms with E-state index in [0.29, 0.717) is 30.0 Å². The van der Waals surface area contributed by atoms with Crippen LogP contribution in [0.2, 0.25) is 0 Å². The van der Waals surface area contributed by atoms with Crippen molar-refractivity contribution in [2.75, 3.05) is 19.5 Å². The molecule has 0 amide bonds. The molecule has 5 nitrogen and oxygen atoms in total. The summed E-state index contributed by atoms with van der Waals surface area (Å²) in [6.45, 7) is 0.444. The number of esters is 1. The third-order valence-corrected chi connectivity index (χ3v) is 2.78. The van der Waals surface area contributed by atoms with E-state index in [-0.39, 0.29) is 0 Å². The molecule has 0 unspecified atom stereocenters. The Morgan fingerprint density at radius 3 is 2.90 bits per heavy atom.